The van der Waals surface area contributed by atoms with E-state index in [1.807, 2.05) is 66.7 Å². The fraction of sp³-hybridized carbons (Fsp3) is 0.342. The van der Waals surface area contributed by atoms with E-state index in [1.165, 1.54) is 0 Å². The first-order chi connectivity index (χ1) is 26.5. The number of aromatic nitrogens is 1. The van der Waals surface area contributed by atoms with E-state index in [9.17, 15) is 24.0 Å². The Bertz CT molecular complexity index is 2070. The monoisotopic (exact) mass is 752 g/mol. The van der Waals surface area contributed by atoms with E-state index in [2.05, 4.69) is 41.6 Å². The van der Waals surface area contributed by atoms with E-state index in [0.29, 0.717) is 12.8 Å². The highest BCUT2D eigenvalue weighted by atomic mass is 16.2. The first-order valence-electron chi connectivity index (χ1n) is 18.1. The van der Waals surface area contributed by atoms with Crippen LogP contribution in [0.15, 0.2) is 82.9 Å². The van der Waals surface area contributed by atoms with E-state index in [-0.39, 0.29) is 50.7 Å². The average Bonchev–Trinajstić information content (AvgIpc) is 3.57. The summed E-state index contributed by atoms with van der Waals surface area (Å²) in [6.45, 7) is -0.129. The second kappa shape index (κ2) is 18.9. The van der Waals surface area contributed by atoms with Crippen LogP contribution in [-0.2, 0) is 36.8 Å². The number of para-hydroxylation sites is 1. The molecule has 1 fully saturated rings. The lowest BCUT2D eigenvalue weighted by Crippen LogP contribution is -2.58. The van der Waals surface area contributed by atoms with Crippen LogP contribution in [0.5, 0.6) is 0 Å². The van der Waals surface area contributed by atoms with Crippen molar-refractivity contribution in [1.82, 2.24) is 31.6 Å². The summed E-state index contributed by atoms with van der Waals surface area (Å²) in [5.74, 6) is -3.49. The number of hydrogen-bond donors (Lipinski definition) is 10. The maximum absolute atomic E-state index is 14.2. The Morgan fingerprint density at radius 3 is 1.85 bits per heavy atom. The molecule has 0 aliphatic carbocycles. The summed E-state index contributed by atoms with van der Waals surface area (Å²) in [6.07, 6.45) is 2.70. The van der Waals surface area contributed by atoms with Crippen molar-refractivity contribution in [2.45, 2.75) is 62.7 Å². The average molecular weight is 753 g/mol. The number of nitrogens with one attached hydrogen (secondary N) is 6. The van der Waals surface area contributed by atoms with Gasteiger partial charge in [0.2, 0.25) is 29.5 Å². The van der Waals surface area contributed by atoms with Gasteiger partial charge in [0.15, 0.2) is 11.9 Å². The lowest BCUT2D eigenvalue weighted by atomic mass is 10.00. The van der Waals surface area contributed by atoms with Gasteiger partial charge >= 0.3 is 0 Å². The highest BCUT2D eigenvalue weighted by Gasteiger charge is 2.33. The third-order valence-electron chi connectivity index (χ3n) is 9.22. The third kappa shape index (κ3) is 11.4. The van der Waals surface area contributed by atoms with Crippen LogP contribution in [0.3, 0.4) is 0 Å². The first kappa shape index (κ1) is 39.6. The zero-order valence-corrected chi connectivity index (χ0v) is 30.3. The van der Waals surface area contributed by atoms with Crippen LogP contribution in [0.2, 0.25) is 0 Å². The Morgan fingerprint density at radius 2 is 1.18 bits per heavy atom. The number of nitrogens with zero attached hydrogens (tertiary/aromatic N) is 2. The third-order valence-corrected chi connectivity index (χ3v) is 9.22. The smallest absolute Gasteiger partial charge is 0.243 e. The van der Waals surface area contributed by atoms with Gasteiger partial charge in [0.05, 0.1) is 6.54 Å². The summed E-state index contributed by atoms with van der Waals surface area (Å²) in [4.78, 5) is 80.3. The molecule has 2 heterocycles. The van der Waals surface area contributed by atoms with Crippen LogP contribution >= 0.6 is 0 Å². The van der Waals surface area contributed by atoms with Gasteiger partial charge in [0.25, 0.3) is 0 Å². The molecule has 1 aromatic heterocycles. The standard InChI is InChI=1S/C38H48N12O5/c39-37(40)43-15-5-11-28-34(53)50-31(19-25-20-45-27-10-4-3-9-26(25)27)36(55)48-29(12-6-16-44-38(41)42)35(54)49-30(33(52)46-21-32(51)47-28)18-22-13-14-23-7-1-2-8-24(23)17-22/h1-4,7-10,13-14,17,20,28-31,45H,5-6,11-12,15-16,18-19,21H2,(H,46,52)(H,47,51)(H,48,55)(H,49,54)(H,50,53)(H4,39,40,43)(H4,41,42,44)/t28-,29-,30-,31-/m0/s1. The van der Waals surface area contributed by atoms with E-state index in [1.54, 1.807) is 6.20 Å². The molecule has 55 heavy (non-hydrogen) atoms. The minimum Gasteiger partial charge on any atom is -0.370 e. The fourth-order valence-corrected chi connectivity index (χ4v) is 6.44. The van der Waals surface area contributed by atoms with Gasteiger partial charge in [0.1, 0.15) is 24.2 Å². The van der Waals surface area contributed by atoms with Gasteiger partial charge in [-0.2, -0.15) is 0 Å². The van der Waals surface area contributed by atoms with Gasteiger partial charge in [-0.3, -0.25) is 34.0 Å². The van der Waals surface area contributed by atoms with Gasteiger partial charge in [-0.15, -0.1) is 0 Å². The summed E-state index contributed by atoms with van der Waals surface area (Å²) in [5, 5.41) is 16.5. The molecule has 3 aromatic carbocycles. The molecular formula is C38H48N12O5. The first-order valence-corrected chi connectivity index (χ1v) is 18.1. The van der Waals surface area contributed by atoms with Crippen LogP contribution in [0.1, 0.15) is 36.8 Å². The van der Waals surface area contributed by atoms with Crippen LogP contribution in [0, 0.1) is 0 Å². The van der Waals surface area contributed by atoms with E-state index in [0.717, 1.165) is 32.8 Å². The van der Waals surface area contributed by atoms with Gasteiger partial charge < -0.3 is 54.5 Å². The van der Waals surface area contributed by atoms with Gasteiger partial charge in [-0.05, 0) is 53.6 Å². The molecular weight excluding hydrogens is 704 g/mol. The Kier molecular flexibility index (Phi) is 13.6. The molecule has 17 nitrogen and oxygen atoms in total. The molecule has 0 unspecified atom stereocenters. The number of guanidine groups is 2. The van der Waals surface area contributed by atoms with Crippen molar-refractivity contribution in [2.75, 3.05) is 19.6 Å². The number of benzene rings is 3. The second-order valence-electron chi connectivity index (χ2n) is 13.4. The lowest BCUT2D eigenvalue weighted by Gasteiger charge is -2.26. The zero-order chi connectivity index (χ0) is 39.3. The Balaban J connectivity index is 1.48. The largest absolute Gasteiger partial charge is 0.370 e. The van der Waals surface area contributed by atoms with Crippen molar-refractivity contribution in [3.8, 4) is 0 Å². The van der Waals surface area contributed by atoms with Gasteiger partial charge in [-0.25, -0.2) is 0 Å². The molecule has 0 spiro atoms. The number of amides is 5. The molecule has 0 radical (unpaired) electrons. The molecule has 17 heteroatoms. The molecule has 14 N–H and O–H groups in total. The molecule has 1 saturated heterocycles. The predicted octanol–water partition coefficient (Wildman–Crippen LogP) is -0.717. The number of H-pyrrole nitrogens is 1. The van der Waals surface area contributed by atoms with Crippen molar-refractivity contribution >= 4 is 63.1 Å². The summed E-state index contributed by atoms with van der Waals surface area (Å²) >= 11 is 0. The van der Waals surface area contributed by atoms with Crippen LogP contribution < -0.4 is 49.5 Å². The molecule has 1 aliphatic heterocycles. The number of aliphatic imine (C=N–C) groups is 2. The van der Waals surface area contributed by atoms with Crippen molar-refractivity contribution < 1.29 is 24.0 Å². The number of rotatable bonds is 12. The number of carbonyl (C=O) groups excluding carboxylic acids is 5. The highest BCUT2D eigenvalue weighted by molar-refractivity contribution is 5.98. The molecule has 5 rings (SSSR count). The minimum atomic E-state index is -1.19. The Labute approximate surface area is 317 Å². The number of fused-ring (bicyclic) bond motifs is 2. The summed E-state index contributed by atoms with van der Waals surface area (Å²) in [7, 11) is 0. The zero-order valence-electron chi connectivity index (χ0n) is 30.3. The van der Waals surface area contributed by atoms with E-state index >= 15 is 0 Å². The van der Waals surface area contributed by atoms with E-state index < -0.39 is 60.2 Å². The Morgan fingerprint density at radius 1 is 0.618 bits per heavy atom. The van der Waals surface area contributed by atoms with Crippen LogP contribution in [0.25, 0.3) is 21.7 Å². The quantitative estimate of drug-likeness (QED) is 0.0496. The SMILES string of the molecule is NC(N)=NCCC[C@@H]1NC(=O)CNC(=O)[C@H](Cc2ccc3ccccc3c2)NC(=O)[C@H](CCCN=C(N)N)NC(=O)[C@H](Cc2c[nH]c3ccccc23)NC1=O. The molecule has 0 bridgehead atoms. The van der Waals surface area contributed by atoms with Crippen LogP contribution in [-0.4, -0.2) is 90.2 Å². The number of nitrogens with two attached hydrogens (primary N) is 4. The minimum absolute atomic E-state index is 0.0449. The normalized spacial score (nSPS) is 19.9. The number of aromatic amines is 1. The second-order valence-corrected chi connectivity index (χ2v) is 13.4. The van der Waals surface area contributed by atoms with Crippen molar-refractivity contribution in [2.24, 2.45) is 32.9 Å². The van der Waals surface area contributed by atoms with Gasteiger partial charge in [-0.1, -0.05) is 60.7 Å². The lowest BCUT2D eigenvalue weighted by molar-refractivity contribution is -0.134. The van der Waals surface area contributed by atoms with Crippen LogP contribution in [0.4, 0.5) is 0 Å². The summed E-state index contributed by atoms with van der Waals surface area (Å²) in [5.41, 5.74) is 24.3. The van der Waals surface area contributed by atoms with Crippen molar-refractivity contribution in [3.63, 3.8) is 0 Å². The Hall–Kier alpha value is -6.65. The maximum Gasteiger partial charge on any atom is 0.243 e. The molecule has 5 amide bonds. The highest BCUT2D eigenvalue weighted by Crippen LogP contribution is 2.20. The number of carbonyl (C=O) groups is 5. The summed E-state index contributed by atoms with van der Waals surface area (Å²) < 4.78 is 0. The van der Waals surface area contributed by atoms with E-state index in [4.69, 9.17) is 22.9 Å². The van der Waals surface area contributed by atoms with Crippen molar-refractivity contribution in [1.29, 1.82) is 0 Å². The molecule has 0 saturated carbocycles. The molecule has 4 aromatic rings. The van der Waals surface area contributed by atoms with Crippen molar-refractivity contribution in [3.05, 3.63) is 84.1 Å². The number of hydrogen-bond acceptors (Lipinski definition) is 7. The predicted molar refractivity (Wildman–Crippen MR) is 210 cm³/mol. The molecule has 4 atom stereocenters. The topological polar surface area (TPSA) is 290 Å². The maximum atomic E-state index is 14.2. The fourth-order valence-electron chi connectivity index (χ4n) is 6.44. The van der Waals surface area contributed by atoms with Gasteiger partial charge in [0, 0.05) is 43.0 Å². The molecule has 1 aliphatic rings. The molecule has 290 valence electrons. The summed E-state index contributed by atoms with van der Waals surface area (Å²) in [6, 6.07) is 16.3.